The molecule has 0 aliphatic heterocycles. The Bertz CT molecular complexity index is 725. The van der Waals surface area contributed by atoms with E-state index in [1.165, 1.54) is 12.1 Å². The van der Waals surface area contributed by atoms with Gasteiger partial charge >= 0.3 is 6.18 Å². The van der Waals surface area contributed by atoms with Gasteiger partial charge in [-0.15, -0.1) is 0 Å². The Kier molecular flexibility index (Phi) is 3.42. The van der Waals surface area contributed by atoms with Gasteiger partial charge < -0.3 is 5.32 Å². The van der Waals surface area contributed by atoms with Gasteiger partial charge in [-0.2, -0.15) is 13.2 Å². The van der Waals surface area contributed by atoms with E-state index in [4.69, 9.17) is 0 Å². The first kappa shape index (κ1) is 17.0. The number of carbonyl (C=O) groups is 2. The van der Waals surface area contributed by atoms with Gasteiger partial charge in [-0.1, -0.05) is 26.8 Å². The van der Waals surface area contributed by atoms with Gasteiger partial charge in [0.25, 0.3) is 0 Å². The fraction of sp³-hybridized carbons (Fsp3) is 0.556. The molecule has 0 unspecified atom stereocenters. The number of nitrogens with one attached hydrogen (secondary N) is 1. The molecule has 1 amide bonds. The molecule has 0 radical (unpaired) electrons. The van der Waals surface area contributed by atoms with Gasteiger partial charge in [-0.05, 0) is 36.5 Å². The van der Waals surface area contributed by atoms with Gasteiger partial charge in [-0.3, -0.25) is 9.59 Å². The van der Waals surface area contributed by atoms with Crippen LogP contribution in [0.1, 0.15) is 45.6 Å². The van der Waals surface area contributed by atoms with Gasteiger partial charge in [0.2, 0.25) is 5.91 Å². The number of hydrogen-bond acceptors (Lipinski definition) is 2. The summed E-state index contributed by atoms with van der Waals surface area (Å²) in [5.41, 5.74) is -2.63. The smallest absolute Gasteiger partial charge is 0.326 e. The molecule has 0 spiro atoms. The highest BCUT2D eigenvalue weighted by atomic mass is 19.4. The highest BCUT2D eigenvalue weighted by Gasteiger charge is 2.72. The number of Topliss-reactive ketones (excluding diaryl/α,β-unsaturated/α-hetero) is 1. The Morgan fingerprint density at radius 3 is 2.33 bits per heavy atom. The molecule has 130 valence electrons. The second-order valence-electron chi connectivity index (χ2n) is 7.67. The molecule has 24 heavy (non-hydrogen) atoms. The zero-order valence-electron chi connectivity index (χ0n) is 13.9. The SMILES string of the molecule is CC1(C)[C@]2(C(=O)Nc3cccc(C(F)(F)F)c3)CC[C@@]1(C)C(=O)C2. The van der Waals surface area contributed by atoms with Gasteiger partial charge in [0.1, 0.15) is 5.78 Å². The second-order valence-corrected chi connectivity index (χ2v) is 7.67. The maximum absolute atomic E-state index is 12.9. The van der Waals surface area contributed by atoms with Crippen molar-refractivity contribution < 1.29 is 22.8 Å². The van der Waals surface area contributed by atoms with Crippen molar-refractivity contribution in [3.05, 3.63) is 29.8 Å². The fourth-order valence-electron chi connectivity index (χ4n) is 4.38. The summed E-state index contributed by atoms with van der Waals surface area (Å²) in [5.74, 6) is -0.292. The van der Waals surface area contributed by atoms with Gasteiger partial charge in [0.15, 0.2) is 0 Å². The van der Waals surface area contributed by atoms with E-state index >= 15 is 0 Å². The van der Waals surface area contributed by atoms with Crippen molar-refractivity contribution in [1.29, 1.82) is 0 Å². The van der Waals surface area contributed by atoms with Crippen molar-refractivity contribution in [2.24, 2.45) is 16.2 Å². The minimum Gasteiger partial charge on any atom is -0.326 e. The number of rotatable bonds is 2. The van der Waals surface area contributed by atoms with Gasteiger partial charge in [0.05, 0.1) is 11.0 Å². The van der Waals surface area contributed by atoms with Crippen LogP contribution in [0, 0.1) is 16.2 Å². The molecule has 2 saturated carbocycles. The van der Waals surface area contributed by atoms with Crippen LogP contribution in [0.5, 0.6) is 0 Å². The molecule has 1 aromatic rings. The van der Waals surface area contributed by atoms with Gasteiger partial charge in [-0.25, -0.2) is 0 Å². The molecule has 2 aliphatic carbocycles. The zero-order chi connectivity index (χ0) is 18.0. The molecule has 0 saturated heterocycles. The normalized spacial score (nSPS) is 31.3. The summed E-state index contributed by atoms with van der Waals surface area (Å²) < 4.78 is 38.5. The Hall–Kier alpha value is -1.85. The van der Waals surface area contributed by atoms with E-state index in [1.807, 2.05) is 20.8 Å². The van der Waals surface area contributed by atoms with Crippen LogP contribution in [-0.2, 0) is 15.8 Å². The first-order valence-electron chi connectivity index (χ1n) is 7.96. The van der Waals surface area contributed by atoms with Crippen LogP contribution in [0.4, 0.5) is 18.9 Å². The van der Waals surface area contributed by atoms with Crippen LogP contribution in [0.25, 0.3) is 0 Å². The van der Waals surface area contributed by atoms with E-state index in [-0.39, 0.29) is 23.8 Å². The van der Waals surface area contributed by atoms with Crippen molar-refractivity contribution in [3.63, 3.8) is 0 Å². The number of alkyl halides is 3. The molecule has 3 rings (SSSR count). The van der Waals surface area contributed by atoms with Crippen LogP contribution in [0.2, 0.25) is 0 Å². The summed E-state index contributed by atoms with van der Waals surface area (Å²) in [4.78, 5) is 25.3. The molecule has 0 heterocycles. The van der Waals surface area contributed by atoms with Crippen LogP contribution in [0.15, 0.2) is 24.3 Å². The quantitative estimate of drug-likeness (QED) is 0.866. The molecule has 1 aromatic carbocycles. The summed E-state index contributed by atoms with van der Waals surface area (Å²) in [6, 6.07) is 4.58. The van der Waals surface area contributed by atoms with Crippen LogP contribution < -0.4 is 5.32 Å². The molecular formula is C18H20F3NO2. The number of anilines is 1. The number of amides is 1. The highest BCUT2D eigenvalue weighted by Crippen LogP contribution is 2.70. The molecule has 2 aliphatic rings. The Balaban J connectivity index is 1.90. The van der Waals surface area contributed by atoms with E-state index in [1.54, 1.807) is 0 Å². The number of hydrogen-bond donors (Lipinski definition) is 1. The molecule has 3 nitrogen and oxygen atoms in total. The van der Waals surface area contributed by atoms with E-state index in [0.29, 0.717) is 12.8 Å². The summed E-state index contributed by atoms with van der Waals surface area (Å²) in [5, 5.41) is 2.62. The summed E-state index contributed by atoms with van der Waals surface area (Å²) in [6.07, 6.45) is -3.10. The number of ketones is 1. The van der Waals surface area contributed by atoms with Crippen LogP contribution in [0.3, 0.4) is 0 Å². The zero-order valence-corrected chi connectivity index (χ0v) is 13.9. The third kappa shape index (κ3) is 2.04. The molecule has 6 heteroatoms. The lowest BCUT2D eigenvalue weighted by Gasteiger charge is -2.38. The number of carbonyl (C=O) groups excluding carboxylic acids is 2. The minimum atomic E-state index is -4.46. The van der Waals surface area contributed by atoms with Crippen LogP contribution >= 0.6 is 0 Å². The van der Waals surface area contributed by atoms with Crippen molar-refractivity contribution >= 4 is 17.4 Å². The molecule has 2 bridgehead atoms. The van der Waals surface area contributed by atoms with E-state index in [0.717, 1.165) is 12.1 Å². The Morgan fingerprint density at radius 1 is 1.17 bits per heavy atom. The molecular weight excluding hydrogens is 319 g/mol. The van der Waals surface area contributed by atoms with Crippen molar-refractivity contribution in [3.8, 4) is 0 Å². The predicted molar refractivity (Wildman–Crippen MR) is 83.3 cm³/mol. The third-order valence-corrected chi connectivity index (χ3v) is 6.59. The van der Waals surface area contributed by atoms with Crippen LogP contribution in [-0.4, -0.2) is 11.7 Å². The van der Waals surface area contributed by atoms with Crippen molar-refractivity contribution in [2.75, 3.05) is 5.32 Å². The van der Waals surface area contributed by atoms with Gasteiger partial charge in [0, 0.05) is 17.5 Å². The first-order chi connectivity index (χ1) is 10.9. The van der Waals surface area contributed by atoms with Crippen molar-refractivity contribution in [1.82, 2.24) is 0 Å². The van der Waals surface area contributed by atoms with E-state index in [2.05, 4.69) is 5.32 Å². The third-order valence-electron chi connectivity index (χ3n) is 6.59. The molecule has 2 fully saturated rings. The van der Waals surface area contributed by atoms with E-state index in [9.17, 15) is 22.8 Å². The lowest BCUT2D eigenvalue weighted by molar-refractivity contribution is -0.137. The fourth-order valence-corrected chi connectivity index (χ4v) is 4.38. The maximum atomic E-state index is 12.9. The lowest BCUT2D eigenvalue weighted by Crippen LogP contribution is -2.43. The monoisotopic (exact) mass is 339 g/mol. The Labute approximate surface area is 138 Å². The van der Waals surface area contributed by atoms with Crippen molar-refractivity contribution in [2.45, 2.75) is 46.2 Å². The maximum Gasteiger partial charge on any atom is 0.416 e. The summed E-state index contributed by atoms with van der Waals surface area (Å²) in [6.45, 7) is 5.72. The molecule has 0 aromatic heterocycles. The average Bonchev–Trinajstić information content (AvgIpc) is 2.77. The summed E-state index contributed by atoms with van der Waals surface area (Å²) >= 11 is 0. The molecule has 1 N–H and O–H groups in total. The standard InChI is InChI=1S/C18H20F3NO2/c1-15(2)16(3)7-8-17(15,10-13(16)23)14(24)22-12-6-4-5-11(9-12)18(19,20)21/h4-6,9H,7-8,10H2,1-3H3,(H,22,24)/t16-,17+/m0/s1. The minimum absolute atomic E-state index is 0.0675. The molecule has 2 atom stereocenters. The number of benzene rings is 1. The largest absolute Gasteiger partial charge is 0.416 e. The topological polar surface area (TPSA) is 46.2 Å². The predicted octanol–water partition coefficient (Wildman–Crippen LogP) is 4.43. The summed E-state index contributed by atoms with van der Waals surface area (Å²) in [7, 11) is 0. The number of fused-ring (bicyclic) bond motifs is 2. The first-order valence-corrected chi connectivity index (χ1v) is 7.96. The number of halogens is 3. The van der Waals surface area contributed by atoms with E-state index < -0.39 is 28.0 Å². The average molecular weight is 339 g/mol. The lowest BCUT2D eigenvalue weighted by atomic mass is 9.64. The highest BCUT2D eigenvalue weighted by molar-refractivity contribution is 6.04. The second kappa shape index (κ2) is 4.83. The Morgan fingerprint density at radius 2 is 1.83 bits per heavy atom.